The summed E-state index contributed by atoms with van der Waals surface area (Å²) in [7, 11) is 0. The third kappa shape index (κ3) is 4.83. The molecule has 2 aromatic carbocycles. The van der Waals surface area contributed by atoms with Crippen LogP contribution in [-0.2, 0) is 11.3 Å². The minimum absolute atomic E-state index is 0.0958. The van der Waals surface area contributed by atoms with Crippen molar-refractivity contribution in [2.45, 2.75) is 25.9 Å². The molecule has 0 N–H and O–H groups in total. The molecule has 1 atom stereocenters. The van der Waals surface area contributed by atoms with Crippen molar-refractivity contribution in [3.63, 3.8) is 0 Å². The highest BCUT2D eigenvalue weighted by atomic mass is 19.1. The van der Waals surface area contributed by atoms with Crippen LogP contribution in [0.1, 0.15) is 17.5 Å². The Morgan fingerprint density at radius 3 is 2.59 bits per heavy atom. The Kier molecular flexibility index (Phi) is 6.34. The first-order chi connectivity index (χ1) is 16.6. The zero-order chi connectivity index (χ0) is 23.5. The fraction of sp³-hybridized carbons (Fsp3) is 0.333. The second kappa shape index (κ2) is 9.71. The number of carbonyl (C=O) groups excluding carboxylic acids is 1. The highest BCUT2D eigenvalue weighted by Crippen LogP contribution is 2.36. The van der Waals surface area contributed by atoms with Gasteiger partial charge < -0.3 is 19.4 Å². The number of pyridine rings is 1. The maximum atomic E-state index is 13.4. The van der Waals surface area contributed by atoms with Gasteiger partial charge in [-0.1, -0.05) is 24.3 Å². The van der Waals surface area contributed by atoms with Crippen molar-refractivity contribution < 1.29 is 13.9 Å². The number of halogens is 1. The normalized spacial score (nSPS) is 17.8. The van der Waals surface area contributed by atoms with E-state index < -0.39 is 0 Å². The van der Waals surface area contributed by atoms with Crippen LogP contribution >= 0.6 is 0 Å². The topological polar surface area (TPSA) is 48.9 Å². The number of rotatable bonds is 5. The summed E-state index contributed by atoms with van der Waals surface area (Å²) < 4.78 is 19.5. The number of aromatic nitrogens is 1. The number of aryl methyl sites for hydroxylation is 1. The van der Waals surface area contributed by atoms with Crippen molar-refractivity contribution in [1.82, 2.24) is 9.88 Å². The molecular weight excluding hydrogens is 431 g/mol. The molecule has 3 heterocycles. The van der Waals surface area contributed by atoms with Gasteiger partial charge in [-0.05, 0) is 54.4 Å². The van der Waals surface area contributed by atoms with Gasteiger partial charge in [-0.25, -0.2) is 9.37 Å². The third-order valence-electron chi connectivity index (χ3n) is 6.58. The van der Waals surface area contributed by atoms with E-state index in [1.165, 1.54) is 12.1 Å². The fourth-order valence-electron chi connectivity index (χ4n) is 4.67. The van der Waals surface area contributed by atoms with Crippen LogP contribution in [0, 0.1) is 12.7 Å². The number of benzene rings is 2. The molecule has 0 radical (unpaired) electrons. The monoisotopic (exact) mass is 460 g/mol. The summed E-state index contributed by atoms with van der Waals surface area (Å²) in [6.07, 6.45) is 2.17. The van der Waals surface area contributed by atoms with Crippen molar-refractivity contribution >= 4 is 17.4 Å². The molecule has 0 bridgehead atoms. The summed E-state index contributed by atoms with van der Waals surface area (Å²) in [5, 5.41) is 0. The SMILES string of the molecule is Cc1ccc2c(c1)OCC(CC(=O)N1CCN(c3ccccn3)CC1)N2Cc1ccc(F)cc1. The van der Waals surface area contributed by atoms with Crippen molar-refractivity contribution in [2.24, 2.45) is 0 Å². The van der Waals surface area contributed by atoms with Crippen molar-refractivity contribution in [1.29, 1.82) is 0 Å². The number of nitrogens with zero attached hydrogens (tertiary/aromatic N) is 4. The van der Waals surface area contributed by atoms with Crippen molar-refractivity contribution in [3.05, 3.63) is 83.8 Å². The number of carbonyl (C=O) groups is 1. The standard InChI is InChI=1S/C27H29FN4O2/c1-20-5-10-24-25(16-20)34-19-23(32(24)18-21-6-8-22(28)9-7-21)17-27(33)31-14-12-30(13-15-31)26-4-2-3-11-29-26/h2-11,16,23H,12-15,17-19H2,1H3. The van der Waals surface area contributed by atoms with Crippen LogP contribution in [0.2, 0.25) is 0 Å². The lowest BCUT2D eigenvalue weighted by Gasteiger charge is -2.40. The van der Waals surface area contributed by atoms with Crippen LogP contribution in [0.15, 0.2) is 66.9 Å². The van der Waals surface area contributed by atoms with Gasteiger partial charge in [-0.3, -0.25) is 4.79 Å². The van der Waals surface area contributed by atoms with E-state index in [0.29, 0.717) is 32.7 Å². The number of piperazine rings is 1. The Labute approximate surface area is 199 Å². The number of anilines is 2. The van der Waals surface area contributed by atoms with E-state index in [1.54, 1.807) is 18.3 Å². The Bertz CT molecular complexity index is 1130. The number of amides is 1. The van der Waals surface area contributed by atoms with Gasteiger partial charge in [0, 0.05) is 38.9 Å². The molecule has 3 aromatic rings. The van der Waals surface area contributed by atoms with Crippen LogP contribution in [-0.4, -0.2) is 54.6 Å². The molecule has 2 aliphatic heterocycles. The third-order valence-corrected chi connectivity index (χ3v) is 6.58. The molecule has 34 heavy (non-hydrogen) atoms. The molecule has 7 heteroatoms. The lowest BCUT2D eigenvalue weighted by molar-refractivity contribution is -0.132. The predicted octanol–water partition coefficient (Wildman–Crippen LogP) is 4.04. The summed E-state index contributed by atoms with van der Waals surface area (Å²) in [5.74, 6) is 1.66. The maximum Gasteiger partial charge on any atom is 0.224 e. The quantitative estimate of drug-likeness (QED) is 0.575. The predicted molar refractivity (Wildman–Crippen MR) is 131 cm³/mol. The summed E-state index contributed by atoms with van der Waals surface area (Å²) in [6.45, 7) is 5.96. The van der Waals surface area contributed by atoms with Crippen LogP contribution < -0.4 is 14.5 Å². The lowest BCUT2D eigenvalue weighted by atomic mass is 10.0. The summed E-state index contributed by atoms with van der Waals surface area (Å²) in [4.78, 5) is 24.1. The maximum absolute atomic E-state index is 13.4. The van der Waals surface area contributed by atoms with Gasteiger partial charge in [0.05, 0.1) is 18.2 Å². The van der Waals surface area contributed by atoms with E-state index in [1.807, 2.05) is 36.1 Å². The average Bonchev–Trinajstić information content (AvgIpc) is 2.87. The van der Waals surface area contributed by atoms with E-state index in [4.69, 9.17) is 4.74 Å². The molecule has 0 spiro atoms. The average molecular weight is 461 g/mol. The highest BCUT2D eigenvalue weighted by Gasteiger charge is 2.32. The molecule has 1 unspecified atom stereocenters. The Morgan fingerprint density at radius 2 is 1.85 bits per heavy atom. The molecule has 0 saturated carbocycles. The van der Waals surface area contributed by atoms with Gasteiger partial charge in [-0.15, -0.1) is 0 Å². The number of hydrogen-bond acceptors (Lipinski definition) is 5. The molecule has 5 rings (SSSR count). The summed E-state index contributed by atoms with van der Waals surface area (Å²) >= 11 is 0. The Hall–Kier alpha value is -3.61. The van der Waals surface area contributed by atoms with Gasteiger partial charge in [0.15, 0.2) is 0 Å². The molecule has 0 aliphatic carbocycles. The van der Waals surface area contributed by atoms with E-state index >= 15 is 0 Å². The van der Waals surface area contributed by atoms with Gasteiger partial charge in [-0.2, -0.15) is 0 Å². The Morgan fingerprint density at radius 1 is 1.06 bits per heavy atom. The zero-order valence-electron chi connectivity index (χ0n) is 19.4. The first kappa shape index (κ1) is 22.2. The first-order valence-electron chi connectivity index (χ1n) is 11.7. The number of fused-ring (bicyclic) bond motifs is 1. The van der Waals surface area contributed by atoms with Crippen molar-refractivity contribution in [3.8, 4) is 5.75 Å². The van der Waals surface area contributed by atoms with Gasteiger partial charge in [0.25, 0.3) is 0 Å². The number of hydrogen-bond donors (Lipinski definition) is 0. The fourth-order valence-corrected chi connectivity index (χ4v) is 4.67. The first-order valence-corrected chi connectivity index (χ1v) is 11.7. The van der Waals surface area contributed by atoms with E-state index in [2.05, 4.69) is 26.9 Å². The van der Waals surface area contributed by atoms with Crippen LogP contribution in [0.25, 0.3) is 0 Å². The zero-order valence-corrected chi connectivity index (χ0v) is 19.4. The molecule has 1 fully saturated rings. The second-order valence-electron chi connectivity index (χ2n) is 8.95. The van der Waals surface area contributed by atoms with Gasteiger partial charge in [0.1, 0.15) is 24.0 Å². The molecule has 176 valence electrons. The number of ether oxygens (including phenoxy) is 1. The Balaban J connectivity index is 1.29. The van der Waals surface area contributed by atoms with E-state index in [9.17, 15) is 9.18 Å². The van der Waals surface area contributed by atoms with Crippen LogP contribution in [0.4, 0.5) is 15.9 Å². The van der Waals surface area contributed by atoms with Gasteiger partial charge in [0.2, 0.25) is 5.91 Å². The molecular formula is C27H29FN4O2. The molecule has 1 amide bonds. The molecule has 1 saturated heterocycles. The van der Waals surface area contributed by atoms with E-state index in [0.717, 1.165) is 41.5 Å². The highest BCUT2D eigenvalue weighted by molar-refractivity contribution is 5.78. The van der Waals surface area contributed by atoms with Gasteiger partial charge >= 0.3 is 0 Å². The van der Waals surface area contributed by atoms with Crippen LogP contribution in [0.5, 0.6) is 5.75 Å². The second-order valence-corrected chi connectivity index (χ2v) is 8.95. The van der Waals surface area contributed by atoms with E-state index in [-0.39, 0.29) is 17.8 Å². The summed E-state index contributed by atoms with van der Waals surface area (Å²) in [6, 6.07) is 18.5. The summed E-state index contributed by atoms with van der Waals surface area (Å²) in [5.41, 5.74) is 3.09. The molecule has 6 nitrogen and oxygen atoms in total. The molecule has 2 aliphatic rings. The largest absolute Gasteiger partial charge is 0.489 e. The van der Waals surface area contributed by atoms with Crippen LogP contribution in [0.3, 0.4) is 0 Å². The smallest absolute Gasteiger partial charge is 0.224 e. The minimum atomic E-state index is -0.252. The molecule has 1 aromatic heterocycles. The lowest BCUT2D eigenvalue weighted by Crippen LogP contribution is -2.51. The minimum Gasteiger partial charge on any atom is -0.489 e. The van der Waals surface area contributed by atoms with Crippen molar-refractivity contribution in [2.75, 3.05) is 42.6 Å².